The van der Waals surface area contributed by atoms with E-state index in [4.69, 9.17) is 5.11 Å². The van der Waals surface area contributed by atoms with E-state index in [1.54, 1.807) is 4.90 Å². The van der Waals surface area contributed by atoms with Crippen molar-refractivity contribution in [3.8, 4) is 0 Å². The first kappa shape index (κ1) is 12.3. The first-order valence-corrected chi connectivity index (χ1v) is 5.88. The standard InChI is InChI=1S/C12H15N3O3/c1-2-15(9-4-5-9)12(18)14-8-3-6-10(11(16)17)13-7-8/h3,6-7,9H,2,4-5H2,1H3,(H,14,18)(H,16,17). The lowest BCUT2D eigenvalue weighted by Gasteiger charge is -2.20. The molecule has 0 radical (unpaired) electrons. The number of urea groups is 1. The van der Waals surface area contributed by atoms with E-state index in [0.717, 1.165) is 12.8 Å². The fourth-order valence-electron chi connectivity index (χ4n) is 1.74. The van der Waals surface area contributed by atoms with Gasteiger partial charge in [0.1, 0.15) is 5.69 Å². The third-order valence-corrected chi connectivity index (χ3v) is 2.82. The summed E-state index contributed by atoms with van der Waals surface area (Å²) in [5.41, 5.74) is 0.464. The van der Waals surface area contributed by atoms with Gasteiger partial charge in [0.25, 0.3) is 0 Å². The molecule has 1 saturated carbocycles. The van der Waals surface area contributed by atoms with Gasteiger partial charge in [-0.2, -0.15) is 0 Å². The lowest BCUT2D eigenvalue weighted by molar-refractivity contribution is 0.0690. The minimum Gasteiger partial charge on any atom is -0.477 e. The van der Waals surface area contributed by atoms with Gasteiger partial charge in [-0.3, -0.25) is 0 Å². The molecule has 0 saturated heterocycles. The van der Waals surface area contributed by atoms with E-state index in [1.165, 1.54) is 18.3 Å². The quantitative estimate of drug-likeness (QED) is 0.852. The van der Waals surface area contributed by atoms with Crippen molar-refractivity contribution in [2.45, 2.75) is 25.8 Å². The molecule has 18 heavy (non-hydrogen) atoms. The van der Waals surface area contributed by atoms with E-state index in [2.05, 4.69) is 10.3 Å². The van der Waals surface area contributed by atoms with Gasteiger partial charge in [-0.25, -0.2) is 14.6 Å². The predicted octanol–water partition coefficient (Wildman–Crippen LogP) is 1.80. The number of amides is 2. The first-order chi connectivity index (χ1) is 8.61. The molecule has 6 heteroatoms. The maximum absolute atomic E-state index is 11.9. The summed E-state index contributed by atoms with van der Waals surface area (Å²) in [7, 11) is 0. The molecule has 1 fully saturated rings. The molecule has 2 amide bonds. The zero-order chi connectivity index (χ0) is 13.1. The third kappa shape index (κ3) is 2.77. The molecule has 0 bridgehead atoms. The molecule has 1 aliphatic rings. The SMILES string of the molecule is CCN(C(=O)Nc1ccc(C(=O)O)nc1)C1CC1. The molecule has 0 aromatic carbocycles. The zero-order valence-electron chi connectivity index (χ0n) is 10.1. The van der Waals surface area contributed by atoms with Crippen LogP contribution in [0.25, 0.3) is 0 Å². The molecule has 1 heterocycles. The highest BCUT2D eigenvalue weighted by atomic mass is 16.4. The van der Waals surface area contributed by atoms with Crippen molar-refractivity contribution in [1.29, 1.82) is 0 Å². The number of carbonyl (C=O) groups is 2. The lowest BCUT2D eigenvalue weighted by Crippen LogP contribution is -2.36. The van der Waals surface area contributed by atoms with Crippen LogP contribution >= 0.6 is 0 Å². The highest BCUT2D eigenvalue weighted by molar-refractivity contribution is 5.90. The van der Waals surface area contributed by atoms with Crippen molar-refractivity contribution in [2.24, 2.45) is 0 Å². The van der Waals surface area contributed by atoms with Gasteiger partial charge in [0.15, 0.2) is 0 Å². The molecule has 1 aliphatic carbocycles. The van der Waals surface area contributed by atoms with Crippen LogP contribution in [0.1, 0.15) is 30.3 Å². The highest BCUT2D eigenvalue weighted by Gasteiger charge is 2.31. The van der Waals surface area contributed by atoms with Crippen molar-refractivity contribution in [2.75, 3.05) is 11.9 Å². The minimum absolute atomic E-state index is 0.0393. The van der Waals surface area contributed by atoms with Crippen LogP contribution in [0.15, 0.2) is 18.3 Å². The Morgan fingerprint density at radius 3 is 2.67 bits per heavy atom. The van der Waals surface area contributed by atoms with E-state index in [-0.39, 0.29) is 11.7 Å². The molecule has 6 nitrogen and oxygen atoms in total. The number of aromatic carboxylic acids is 1. The van der Waals surface area contributed by atoms with Crippen LogP contribution in [0, 0.1) is 0 Å². The number of nitrogens with zero attached hydrogens (tertiary/aromatic N) is 2. The van der Waals surface area contributed by atoms with Gasteiger partial charge in [0.2, 0.25) is 0 Å². The summed E-state index contributed by atoms with van der Waals surface area (Å²) >= 11 is 0. The van der Waals surface area contributed by atoms with Crippen LogP contribution in [-0.4, -0.2) is 39.6 Å². The second-order valence-corrected chi connectivity index (χ2v) is 4.18. The zero-order valence-corrected chi connectivity index (χ0v) is 10.1. The summed E-state index contributed by atoms with van der Waals surface area (Å²) in [5, 5.41) is 11.4. The summed E-state index contributed by atoms with van der Waals surface area (Å²) < 4.78 is 0. The van der Waals surface area contributed by atoms with Gasteiger partial charge in [-0.15, -0.1) is 0 Å². The van der Waals surface area contributed by atoms with Crippen LogP contribution in [0.3, 0.4) is 0 Å². The summed E-state index contributed by atoms with van der Waals surface area (Å²) in [4.78, 5) is 28.1. The largest absolute Gasteiger partial charge is 0.477 e. The Bertz CT molecular complexity index is 454. The molecule has 2 N–H and O–H groups in total. The molecular formula is C12H15N3O3. The Morgan fingerprint density at radius 2 is 2.22 bits per heavy atom. The smallest absolute Gasteiger partial charge is 0.354 e. The number of carboxylic acids is 1. The van der Waals surface area contributed by atoms with Crippen LogP contribution < -0.4 is 5.32 Å². The molecule has 0 unspecified atom stereocenters. The third-order valence-electron chi connectivity index (χ3n) is 2.82. The Balaban J connectivity index is 2.00. The average Bonchev–Trinajstić information content (AvgIpc) is 3.15. The fraction of sp³-hybridized carbons (Fsp3) is 0.417. The van der Waals surface area contributed by atoms with Gasteiger partial charge in [-0.05, 0) is 31.9 Å². The number of nitrogens with one attached hydrogen (secondary N) is 1. The maximum Gasteiger partial charge on any atom is 0.354 e. The Hall–Kier alpha value is -2.11. The van der Waals surface area contributed by atoms with Crippen molar-refractivity contribution in [3.63, 3.8) is 0 Å². The minimum atomic E-state index is -1.08. The maximum atomic E-state index is 11.9. The second kappa shape index (κ2) is 5.03. The summed E-state index contributed by atoms with van der Waals surface area (Å²) in [6.45, 7) is 2.60. The summed E-state index contributed by atoms with van der Waals surface area (Å²) in [5.74, 6) is -1.08. The molecule has 2 rings (SSSR count). The molecule has 0 atom stereocenters. The number of pyridine rings is 1. The van der Waals surface area contributed by atoms with E-state index >= 15 is 0 Å². The second-order valence-electron chi connectivity index (χ2n) is 4.18. The fourth-order valence-corrected chi connectivity index (χ4v) is 1.74. The molecule has 1 aromatic rings. The normalized spacial score (nSPS) is 14.1. The van der Waals surface area contributed by atoms with Gasteiger partial charge in [0, 0.05) is 12.6 Å². The van der Waals surface area contributed by atoms with Gasteiger partial charge in [0.05, 0.1) is 11.9 Å². The van der Waals surface area contributed by atoms with E-state index in [1.807, 2.05) is 6.92 Å². The van der Waals surface area contributed by atoms with Gasteiger partial charge in [-0.1, -0.05) is 0 Å². The van der Waals surface area contributed by atoms with E-state index in [0.29, 0.717) is 18.3 Å². The Labute approximate surface area is 105 Å². The number of carbonyl (C=O) groups excluding carboxylic acids is 1. The van der Waals surface area contributed by atoms with Crippen LogP contribution in [-0.2, 0) is 0 Å². The van der Waals surface area contributed by atoms with Crippen molar-refractivity contribution < 1.29 is 14.7 Å². The first-order valence-electron chi connectivity index (χ1n) is 5.88. The van der Waals surface area contributed by atoms with E-state index < -0.39 is 5.97 Å². The summed E-state index contributed by atoms with van der Waals surface area (Å²) in [6.07, 6.45) is 3.46. The van der Waals surface area contributed by atoms with Crippen LogP contribution in [0.5, 0.6) is 0 Å². The number of carboxylic acid groups (broad SMARTS) is 1. The number of anilines is 1. The monoisotopic (exact) mass is 249 g/mol. The van der Waals surface area contributed by atoms with Crippen molar-refractivity contribution >= 4 is 17.7 Å². The van der Waals surface area contributed by atoms with E-state index in [9.17, 15) is 9.59 Å². The molecular weight excluding hydrogens is 234 g/mol. The van der Waals surface area contributed by atoms with Crippen molar-refractivity contribution in [3.05, 3.63) is 24.0 Å². The molecule has 1 aromatic heterocycles. The topological polar surface area (TPSA) is 82.5 Å². The molecule has 96 valence electrons. The average molecular weight is 249 g/mol. The Kier molecular flexibility index (Phi) is 3.45. The highest BCUT2D eigenvalue weighted by Crippen LogP contribution is 2.27. The lowest BCUT2D eigenvalue weighted by atomic mass is 10.3. The van der Waals surface area contributed by atoms with Crippen molar-refractivity contribution in [1.82, 2.24) is 9.88 Å². The number of hydrogen-bond acceptors (Lipinski definition) is 3. The van der Waals surface area contributed by atoms with Crippen LogP contribution in [0.2, 0.25) is 0 Å². The Morgan fingerprint density at radius 1 is 1.50 bits per heavy atom. The molecule has 0 aliphatic heterocycles. The number of hydrogen-bond donors (Lipinski definition) is 2. The molecule has 0 spiro atoms. The van der Waals surface area contributed by atoms with Gasteiger partial charge >= 0.3 is 12.0 Å². The summed E-state index contributed by atoms with van der Waals surface area (Å²) in [6, 6.07) is 3.09. The van der Waals surface area contributed by atoms with Crippen LogP contribution in [0.4, 0.5) is 10.5 Å². The predicted molar refractivity (Wildman–Crippen MR) is 65.6 cm³/mol. The van der Waals surface area contributed by atoms with Gasteiger partial charge < -0.3 is 15.3 Å². The number of aromatic nitrogens is 1. The number of rotatable bonds is 4.